The van der Waals surface area contributed by atoms with E-state index in [1.807, 2.05) is 13.0 Å². The first-order chi connectivity index (χ1) is 6.50. The highest BCUT2D eigenvalue weighted by molar-refractivity contribution is 7.90. The molecule has 1 aromatic rings. The van der Waals surface area contributed by atoms with E-state index >= 15 is 0 Å². The highest BCUT2D eigenvalue weighted by atomic mass is 32.2. The van der Waals surface area contributed by atoms with Gasteiger partial charge < -0.3 is 4.57 Å². The summed E-state index contributed by atoms with van der Waals surface area (Å²) in [6.45, 7) is 2.04. The van der Waals surface area contributed by atoms with Crippen LogP contribution in [-0.4, -0.2) is 19.2 Å². The number of fused-ring (bicyclic) bond motifs is 4. The number of benzene rings is 1. The van der Waals surface area contributed by atoms with Crippen LogP contribution in [0.25, 0.3) is 16.6 Å². The SMILES string of the molecule is Cc1c2c3ccc(S(C)(=O)=O)cc3n1-2. The number of aromatic nitrogens is 1. The van der Waals surface area contributed by atoms with Crippen molar-refractivity contribution in [1.82, 2.24) is 4.57 Å². The van der Waals surface area contributed by atoms with E-state index in [0.29, 0.717) is 4.90 Å². The van der Waals surface area contributed by atoms with Crippen LogP contribution < -0.4 is 0 Å². The van der Waals surface area contributed by atoms with E-state index in [1.165, 1.54) is 23.0 Å². The van der Waals surface area contributed by atoms with Crippen molar-refractivity contribution in [2.24, 2.45) is 0 Å². The second-order valence-corrected chi connectivity index (χ2v) is 5.74. The fourth-order valence-electron chi connectivity index (χ4n) is 1.94. The van der Waals surface area contributed by atoms with Crippen molar-refractivity contribution in [3.05, 3.63) is 23.9 Å². The van der Waals surface area contributed by atoms with Crippen LogP contribution in [0.2, 0.25) is 0 Å². The zero-order chi connectivity index (χ0) is 10.1. The topological polar surface area (TPSA) is 39.1 Å². The molecule has 1 aromatic carbocycles. The molecule has 2 aliphatic heterocycles. The van der Waals surface area contributed by atoms with E-state index in [9.17, 15) is 8.42 Å². The number of aryl methyl sites for hydroxylation is 1. The van der Waals surface area contributed by atoms with Gasteiger partial charge >= 0.3 is 0 Å². The van der Waals surface area contributed by atoms with E-state index in [0.717, 1.165) is 5.52 Å². The normalized spacial score (nSPS) is 13.6. The Hall–Kier alpha value is -1.29. The van der Waals surface area contributed by atoms with Crippen LogP contribution in [0.3, 0.4) is 0 Å². The number of hydrogen-bond donors (Lipinski definition) is 0. The molecule has 0 saturated heterocycles. The van der Waals surface area contributed by atoms with E-state index in [2.05, 4.69) is 4.57 Å². The van der Waals surface area contributed by atoms with Gasteiger partial charge in [0.05, 0.1) is 16.1 Å². The van der Waals surface area contributed by atoms with Crippen molar-refractivity contribution in [3.8, 4) is 5.69 Å². The molecular weight excluding hydrogens is 198 g/mol. The minimum Gasteiger partial charge on any atom is -0.309 e. The van der Waals surface area contributed by atoms with Crippen LogP contribution in [0, 0.1) is 6.92 Å². The summed E-state index contributed by atoms with van der Waals surface area (Å²) in [5, 5.41) is 1.18. The quantitative estimate of drug-likeness (QED) is 0.608. The van der Waals surface area contributed by atoms with E-state index < -0.39 is 9.84 Å². The van der Waals surface area contributed by atoms with Crippen LogP contribution in [0.5, 0.6) is 0 Å². The average molecular weight is 207 g/mol. The molecule has 0 amide bonds. The third kappa shape index (κ3) is 0.792. The van der Waals surface area contributed by atoms with Gasteiger partial charge in [0.25, 0.3) is 0 Å². The summed E-state index contributed by atoms with van der Waals surface area (Å²) in [4.78, 5) is 0.398. The average Bonchev–Trinajstić information content (AvgIpc) is 2.62. The molecule has 0 saturated carbocycles. The maximum atomic E-state index is 11.3. The highest BCUT2D eigenvalue weighted by Gasteiger charge is 2.29. The van der Waals surface area contributed by atoms with Gasteiger partial charge in [-0.2, -0.15) is 0 Å². The van der Waals surface area contributed by atoms with Gasteiger partial charge in [0.1, 0.15) is 0 Å². The Morgan fingerprint density at radius 1 is 1.29 bits per heavy atom. The Morgan fingerprint density at radius 3 is 2.64 bits per heavy atom. The molecule has 0 bridgehead atoms. The second kappa shape index (κ2) is 2.03. The van der Waals surface area contributed by atoms with Crippen molar-refractivity contribution in [1.29, 1.82) is 0 Å². The predicted molar refractivity (Wildman–Crippen MR) is 54.7 cm³/mol. The van der Waals surface area contributed by atoms with E-state index in [4.69, 9.17) is 0 Å². The molecule has 0 atom stereocenters. The number of nitrogens with zero attached hydrogens (tertiary/aromatic N) is 1. The van der Waals surface area contributed by atoms with Gasteiger partial charge in [-0.1, -0.05) is 0 Å². The van der Waals surface area contributed by atoms with E-state index in [1.54, 1.807) is 12.1 Å². The van der Waals surface area contributed by atoms with Crippen LogP contribution in [0.4, 0.5) is 0 Å². The van der Waals surface area contributed by atoms with Gasteiger partial charge in [-0.25, -0.2) is 8.42 Å². The Kier molecular flexibility index (Phi) is 1.17. The van der Waals surface area contributed by atoms with Gasteiger partial charge in [-0.15, -0.1) is 0 Å². The van der Waals surface area contributed by atoms with Crippen LogP contribution in [-0.2, 0) is 9.84 Å². The second-order valence-electron chi connectivity index (χ2n) is 3.72. The summed E-state index contributed by atoms with van der Waals surface area (Å²) in [6.07, 6.45) is 1.23. The fourth-order valence-corrected chi connectivity index (χ4v) is 2.58. The Morgan fingerprint density at radius 2 is 2.00 bits per heavy atom. The van der Waals surface area contributed by atoms with Crippen LogP contribution in [0.15, 0.2) is 23.1 Å². The zero-order valence-electron chi connectivity index (χ0n) is 7.90. The first kappa shape index (κ1) is 8.05. The van der Waals surface area contributed by atoms with Gasteiger partial charge in [0, 0.05) is 17.3 Å². The molecule has 3 nitrogen and oxygen atoms in total. The smallest absolute Gasteiger partial charge is 0.175 e. The van der Waals surface area contributed by atoms with Gasteiger partial charge in [0.15, 0.2) is 9.84 Å². The zero-order valence-corrected chi connectivity index (χ0v) is 8.72. The largest absolute Gasteiger partial charge is 0.309 e. The Balaban J connectivity index is 2.33. The third-order valence-corrected chi connectivity index (χ3v) is 3.86. The minimum atomic E-state index is -3.08. The number of hydrogen-bond acceptors (Lipinski definition) is 2. The third-order valence-electron chi connectivity index (χ3n) is 2.75. The minimum absolute atomic E-state index is 0.398. The standard InChI is InChI=1S/C10H9NO2S/c1-6-10-8-4-3-7(14(2,12)13)5-9(8)11(6)10/h3-5H,1-2H3. The first-order valence-corrected chi connectivity index (χ1v) is 6.25. The molecule has 2 heterocycles. The summed E-state index contributed by atoms with van der Waals surface area (Å²) in [6, 6.07) is 5.29. The summed E-state index contributed by atoms with van der Waals surface area (Å²) < 4.78 is 24.7. The fraction of sp³-hybridized carbons (Fsp3) is 0.200. The Labute approximate surface area is 81.9 Å². The summed E-state index contributed by atoms with van der Waals surface area (Å²) in [5.41, 5.74) is 3.53. The van der Waals surface area contributed by atoms with Crippen molar-refractivity contribution in [2.45, 2.75) is 11.8 Å². The molecule has 72 valence electrons. The van der Waals surface area contributed by atoms with Gasteiger partial charge in [-0.05, 0) is 25.1 Å². The van der Waals surface area contributed by atoms with Crippen LogP contribution in [0.1, 0.15) is 5.69 Å². The molecule has 0 unspecified atom stereocenters. The predicted octanol–water partition coefficient (Wildman–Crippen LogP) is 1.66. The van der Waals surface area contributed by atoms with Gasteiger partial charge in [0.2, 0.25) is 0 Å². The van der Waals surface area contributed by atoms with Crippen molar-refractivity contribution in [2.75, 3.05) is 6.26 Å². The molecule has 14 heavy (non-hydrogen) atoms. The maximum Gasteiger partial charge on any atom is 0.175 e. The molecule has 0 aliphatic carbocycles. The summed E-state index contributed by atoms with van der Waals surface area (Å²) >= 11 is 0. The van der Waals surface area contributed by atoms with Gasteiger partial charge in [-0.3, -0.25) is 0 Å². The molecular formula is C10H9NO2S. The van der Waals surface area contributed by atoms with Crippen LogP contribution >= 0.6 is 0 Å². The monoisotopic (exact) mass is 207 g/mol. The first-order valence-electron chi connectivity index (χ1n) is 4.35. The molecule has 0 spiro atoms. The molecule has 2 aliphatic rings. The number of sulfone groups is 1. The molecule has 0 radical (unpaired) electrons. The maximum absolute atomic E-state index is 11.3. The molecule has 4 heteroatoms. The lowest BCUT2D eigenvalue weighted by molar-refractivity contribution is 0.602. The van der Waals surface area contributed by atoms with Crippen molar-refractivity contribution >= 4 is 20.7 Å². The Bertz CT molecular complexity index is 665. The lowest BCUT2D eigenvalue weighted by Gasteiger charge is -2.06. The van der Waals surface area contributed by atoms with E-state index in [-0.39, 0.29) is 0 Å². The summed E-state index contributed by atoms with van der Waals surface area (Å²) in [5.74, 6) is 0. The molecule has 3 rings (SSSR count). The molecule has 0 fully saturated rings. The molecule has 0 N–H and O–H groups in total. The summed E-state index contributed by atoms with van der Waals surface area (Å²) in [7, 11) is -3.08. The number of rotatable bonds is 1. The lowest BCUT2D eigenvalue weighted by Crippen LogP contribution is -1.98. The lowest BCUT2D eigenvalue weighted by atomic mass is 10.2. The highest BCUT2D eigenvalue weighted by Crippen LogP contribution is 2.44. The molecule has 0 aromatic heterocycles. The van der Waals surface area contributed by atoms with Crippen molar-refractivity contribution in [3.63, 3.8) is 0 Å². The van der Waals surface area contributed by atoms with Crippen molar-refractivity contribution < 1.29 is 8.42 Å².